The lowest BCUT2D eigenvalue weighted by Gasteiger charge is -2.11. The molecule has 0 spiro atoms. The maximum atomic E-state index is 10.2. The minimum absolute atomic E-state index is 0.461. The number of aliphatic hydroxyl groups is 1. The Morgan fingerprint density at radius 2 is 1.78 bits per heavy atom. The van der Waals surface area contributed by atoms with Crippen LogP contribution in [0.1, 0.15) is 47.7 Å². The first-order valence-electron chi connectivity index (χ1n) is 6.25. The largest absolute Gasteiger partial charge is 0.388 e. The Balaban J connectivity index is 2.06. The molecule has 0 amide bonds. The Labute approximate surface area is 112 Å². The Morgan fingerprint density at radius 1 is 1.17 bits per heavy atom. The highest BCUT2D eigenvalue weighted by Gasteiger charge is 2.11. The van der Waals surface area contributed by atoms with E-state index in [9.17, 15) is 5.11 Å². The molecule has 0 fully saturated rings. The summed E-state index contributed by atoms with van der Waals surface area (Å²) in [6.45, 7) is 6.32. The SMILES string of the molecule is Cc1csc(CC(O)c2ccc(C(C)C)cc2)n1. The number of rotatable bonds is 4. The highest BCUT2D eigenvalue weighted by atomic mass is 32.1. The van der Waals surface area contributed by atoms with Crippen LogP contribution < -0.4 is 0 Å². The molecule has 0 aliphatic heterocycles. The van der Waals surface area contributed by atoms with E-state index in [1.807, 2.05) is 24.4 Å². The van der Waals surface area contributed by atoms with Crippen molar-refractivity contribution in [3.8, 4) is 0 Å². The molecule has 2 nitrogen and oxygen atoms in total. The van der Waals surface area contributed by atoms with Gasteiger partial charge in [-0.3, -0.25) is 0 Å². The quantitative estimate of drug-likeness (QED) is 0.906. The number of benzene rings is 1. The van der Waals surface area contributed by atoms with E-state index in [0.717, 1.165) is 16.3 Å². The zero-order chi connectivity index (χ0) is 13.1. The number of thiazole rings is 1. The van der Waals surface area contributed by atoms with Gasteiger partial charge in [-0.2, -0.15) is 0 Å². The highest BCUT2D eigenvalue weighted by molar-refractivity contribution is 7.09. The summed E-state index contributed by atoms with van der Waals surface area (Å²) in [5, 5.41) is 13.2. The van der Waals surface area contributed by atoms with E-state index in [1.54, 1.807) is 11.3 Å². The molecule has 2 rings (SSSR count). The average molecular weight is 261 g/mol. The van der Waals surface area contributed by atoms with Crippen LogP contribution in [0.3, 0.4) is 0 Å². The number of hydrogen-bond acceptors (Lipinski definition) is 3. The van der Waals surface area contributed by atoms with Crippen LogP contribution in [-0.2, 0) is 6.42 Å². The first kappa shape index (κ1) is 13.2. The summed E-state index contributed by atoms with van der Waals surface area (Å²) in [7, 11) is 0. The molecule has 96 valence electrons. The minimum atomic E-state index is -0.461. The predicted octanol–water partition coefficient (Wildman–Crippen LogP) is 3.85. The van der Waals surface area contributed by atoms with Gasteiger partial charge in [0, 0.05) is 17.5 Å². The van der Waals surface area contributed by atoms with Crippen molar-refractivity contribution in [1.82, 2.24) is 4.98 Å². The molecular weight excluding hydrogens is 242 g/mol. The summed E-state index contributed by atoms with van der Waals surface area (Å²) in [6, 6.07) is 8.22. The van der Waals surface area contributed by atoms with E-state index < -0.39 is 6.10 Å². The van der Waals surface area contributed by atoms with Gasteiger partial charge in [0.05, 0.1) is 11.1 Å². The Hall–Kier alpha value is -1.19. The van der Waals surface area contributed by atoms with Crippen molar-refractivity contribution in [2.75, 3.05) is 0 Å². The summed E-state index contributed by atoms with van der Waals surface area (Å²) < 4.78 is 0. The summed E-state index contributed by atoms with van der Waals surface area (Å²) in [5.41, 5.74) is 3.29. The van der Waals surface area contributed by atoms with E-state index in [0.29, 0.717) is 12.3 Å². The molecule has 1 heterocycles. The topological polar surface area (TPSA) is 33.1 Å². The molecule has 0 aliphatic carbocycles. The molecule has 0 bridgehead atoms. The van der Waals surface area contributed by atoms with Gasteiger partial charge >= 0.3 is 0 Å². The molecule has 1 unspecified atom stereocenters. The lowest BCUT2D eigenvalue weighted by molar-refractivity contribution is 0.178. The zero-order valence-electron chi connectivity index (χ0n) is 11.1. The van der Waals surface area contributed by atoms with Gasteiger partial charge in [0.15, 0.2) is 0 Å². The van der Waals surface area contributed by atoms with Crippen molar-refractivity contribution in [3.05, 3.63) is 51.5 Å². The Kier molecular flexibility index (Phi) is 4.15. The van der Waals surface area contributed by atoms with Crippen molar-refractivity contribution in [2.24, 2.45) is 0 Å². The van der Waals surface area contributed by atoms with Crippen LogP contribution >= 0.6 is 11.3 Å². The smallest absolute Gasteiger partial charge is 0.0957 e. The van der Waals surface area contributed by atoms with Crippen LogP contribution in [0.5, 0.6) is 0 Å². The van der Waals surface area contributed by atoms with Gasteiger partial charge in [-0.05, 0) is 24.0 Å². The number of aryl methyl sites for hydroxylation is 1. The third-order valence-electron chi connectivity index (χ3n) is 3.02. The first-order chi connectivity index (χ1) is 8.56. The monoisotopic (exact) mass is 261 g/mol. The maximum absolute atomic E-state index is 10.2. The van der Waals surface area contributed by atoms with Crippen LogP contribution in [0.4, 0.5) is 0 Å². The van der Waals surface area contributed by atoms with Crippen molar-refractivity contribution in [2.45, 2.75) is 39.2 Å². The summed E-state index contributed by atoms with van der Waals surface area (Å²) in [5.74, 6) is 0.526. The molecular formula is C15H19NOS. The maximum Gasteiger partial charge on any atom is 0.0957 e. The van der Waals surface area contributed by atoms with Crippen LogP contribution in [0, 0.1) is 6.92 Å². The standard InChI is InChI=1S/C15H19NOS/c1-10(2)12-4-6-13(7-5-12)14(17)8-15-16-11(3)9-18-15/h4-7,9-10,14,17H,8H2,1-3H3. The van der Waals surface area contributed by atoms with Crippen molar-refractivity contribution in [3.63, 3.8) is 0 Å². The number of aliphatic hydroxyl groups excluding tert-OH is 1. The van der Waals surface area contributed by atoms with Crippen molar-refractivity contribution >= 4 is 11.3 Å². The molecule has 1 aromatic carbocycles. The van der Waals surface area contributed by atoms with Crippen molar-refractivity contribution in [1.29, 1.82) is 0 Å². The second-order valence-corrected chi connectivity index (χ2v) is 5.87. The summed E-state index contributed by atoms with van der Waals surface area (Å²) in [6.07, 6.45) is 0.135. The van der Waals surface area contributed by atoms with E-state index >= 15 is 0 Å². The van der Waals surface area contributed by atoms with Crippen molar-refractivity contribution < 1.29 is 5.11 Å². The molecule has 0 saturated heterocycles. The third-order valence-corrected chi connectivity index (χ3v) is 4.01. The van der Waals surface area contributed by atoms with Gasteiger partial charge in [0.25, 0.3) is 0 Å². The molecule has 1 atom stereocenters. The Morgan fingerprint density at radius 3 is 2.28 bits per heavy atom. The van der Waals surface area contributed by atoms with Gasteiger partial charge in [-0.15, -0.1) is 11.3 Å². The van der Waals surface area contributed by atoms with E-state index in [2.05, 4.69) is 31.0 Å². The van der Waals surface area contributed by atoms with E-state index in [4.69, 9.17) is 0 Å². The fourth-order valence-corrected chi connectivity index (χ4v) is 2.69. The van der Waals surface area contributed by atoms with Gasteiger partial charge in [0.2, 0.25) is 0 Å². The third kappa shape index (κ3) is 3.18. The van der Waals surface area contributed by atoms with Crippen LogP contribution in [0.25, 0.3) is 0 Å². The number of nitrogens with zero attached hydrogens (tertiary/aromatic N) is 1. The fraction of sp³-hybridized carbons (Fsp3) is 0.400. The molecule has 3 heteroatoms. The molecule has 0 saturated carbocycles. The molecule has 18 heavy (non-hydrogen) atoms. The van der Waals surface area contributed by atoms with E-state index in [1.165, 1.54) is 5.56 Å². The average Bonchev–Trinajstić information content (AvgIpc) is 2.75. The molecule has 0 aliphatic rings. The lowest BCUT2D eigenvalue weighted by atomic mass is 9.99. The molecule has 1 aromatic heterocycles. The normalized spacial score (nSPS) is 12.9. The highest BCUT2D eigenvalue weighted by Crippen LogP contribution is 2.22. The van der Waals surface area contributed by atoms with Gasteiger partial charge in [-0.25, -0.2) is 4.98 Å². The number of hydrogen-bond donors (Lipinski definition) is 1. The number of aromatic nitrogens is 1. The summed E-state index contributed by atoms with van der Waals surface area (Å²) in [4.78, 5) is 4.38. The van der Waals surface area contributed by atoms with Crippen LogP contribution in [0.15, 0.2) is 29.6 Å². The second kappa shape index (κ2) is 5.63. The van der Waals surface area contributed by atoms with Crippen LogP contribution in [0.2, 0.25) is 0 Å². The lowest BCUT2D eigenvalue weighted by Crippen LogP contribution is -2.02. The Bertz CT molecular complexity index is 501. The van der Waals surface area contributed by atoms with Gasteiger partial charge in [-0.1, -0.05) is 38.1 Å². The zero-order valence-corrected chi connectivity index (χ0v) is 11.9. The van der Waals surface area contributed by atoms with Gasteiger partial charge < -0.3 is 5.11 Å². The fourth-order valence-electron chi connectivity index (χ4n) is 1.88. The second-order valence-electron chi connectivity index (χ2n) is 4.92. The van der Waals surface area contributed by atoms with Gasteiger partial charge in [0.1, 0.15) is 0 Å². The minimum Gasteiger partial charge on any atom is -0.388 e. The van der Waals surface area contributed by atoms with Crippen LogP contribution in [-0.4, -0.2) is 10.1 Å². The molecule has 0 radical (unpaired) electrons. The molecule has 1 N–H and O–H groups in total. The van der Waals surface area contributed by atoms with E-state index in [-0.39, 0.29) is 0 Å². The first-order valence-corrected chi connectivity index (χ1v) is 7.13. The predicted molar refractivity (Wildman–Crippen MR) is 76.0 cm³/mol. The summed E-state index contributed by atoms with van der Waals surface area (Å²) >= 11 is 1.61. The molecule has 2 aromatic rings.